The van der Waals surface area contributed by atoms with Gasteiger partial charge in [0.05, 0.1) is 11.1 Å². The maximum atomic E-state index is 11.2. The van der Waals surface area contributed by atoms with Gasteiger partial charge in [-0.15, -0.1) is 11.3 Å². The first-order chi connectivity index (χ1) is 7.93. The lowest BCUT2D eigenvalue weighted by molar-refractivity contribution is -0.142. The Morgan fingerprint density at radius 3 is 2.76 bits per heavy atom. The number of aryl methyl sites for hydroxylation is 1. The Morgan fingerprint density at radius 1 is 1.53 bits per heavy atom. The average molecular weight is 250 g/mol. The molecule has 90 valence electrons. The zero-order valence-corrected chi connectivity index (χ0v) is 10.8. The molecule has 4 nitrogen and oxygen atoms in total. The topological polar surface area (TPSA) is 66.0 Å². The van der Waals surface area contributed by atoms with E-state index in [1.807, 2.05) is 25.4 Å². The standard InChI is InChI=1S/C12H14N2O2S/c1-7-9(12(2,3)11(15)16)17-10(14-7)8-4-5-13-6-8/h4-6,13H,1-3H3,(H,15,16). The van der Waals surface area contributed by atoms with Gasteiger partial charge < -0.3 is 10.1 Å². The lowest BCUT2D eigenvalue weighted by Gasteiger charge is -2.17. The number of hydrogen-bond donors (Lipinski definition) is 2. The van der Waals surface area contributed by atoms with Crippen molar-refractivity contribution < 1.29 is 9.90 Å². The van der Waals surface area contributed by atoms with Gasteiger partial charge in [0.25, 0.3) is 0 Å². The van der Waals surface area contributed by atoms with Crippen molar-refractivity contribution in [3.05, 3.63) is 29.0 Å². The van der Waals surface area contributed by atoms with E-state index in [9.17, 15) is 9.90 Å². The molecule has 2 aromatic rings. The van der Waals surface area contributed by atoms with Gasteiger partial charge in [-0.2, -0.15) is 0 Å². The summed E-state index contributed by atoms with van der Waals surface area (Å²) in [6.45, 7) is 5.26. The monoisotopic (exact) mass is 250 g/mol. The van der Waals surface area contributed by atoms with Gasteiger partial charge in [-0.05, 0) is 26.8 Å². The third-order valence-electron chi connectivity index (χ3n) is 2.74. The number of thiazole rings is 1. The first-order valence-electron chi connectivity index (χ1n) is 5.27. The van der Waals surface area contributed by atoms with E-state index in [0.717, 1.165) is 21.1 Å². The van der Waals surface area contributed by atoms with Gasteiger partial charge in [0.15, 0.2) is 0 Å². The molecule has 0 fully saturated rings. The Balaban J connectivity index is 2.48. The van der Waals surface area contributed by atoms with E-state index in [1.165, 1.54) is 11.3 Å². The maximum absolute atomic E-state index is 11.2. The molecule has 2 N–H and O–H groups in total. The summed E-state index contributed by atoms with van der Waals surface area (Å²) in [7, 11) is 0. The number of hydrogen-bond acceptors (Lipinski definition) is 3. The molecule has 0 radical (unpaired) electrons. The first-order valence-corrected chi connectivity index (χ1v) is 6.09. The van der Waals surface area contributed by atoms with Crippen LogP contribution in [0.25, 0.3) is 10.6 Å². The molecule has 17 heavy (non-hydrogen) atoms. The van der Waals surface area contributed by atoms with Crippen LogP contribution in [0.15, 0.2) is 18.5 Å². The third kappa shape index (κ3) is 1.98. The van der Waals surface area contributed by atoms with E-state index in [-0.39, 0.29) is 0 Å². The van der Waals surface area contributed by atoms with Gasteiger partial charge in [0.1, 0.15) is 5.01 Å². The van der Waals surface area contributed by atoms with Crippen molar-refractivity contribution >= 4 is 17.3 Å². The van der Waals surface area contributed by atoms with E-state index in [1.54, 1.807) is 13.8 Å². The summed E-state index contributed by atoms with van der Waals surface area (Å²) >= 11 is 1.44. The Bertz CT molecular complexity index is 541. The predicted octanol–water partition coefficient (Wildman–Crippen LogP) is 2.81. The normalized spacial score (nSPS) is 11.7. The molecule has 0 aliphatic rings. The molecule has 2 heterocycles. The molecule has 2 aromatic heterocycles. The van der Waals surface area contributed by atoms with E-state index in [2.05, 4.69) is 9.97 Å². The SMILES string of the molecule is Cc1nc(-c2cc[nH]c2)sc1C(C)(C)C(=O)O. The summed E-state index contributed by atoms with van der Waals surface area (Å²) in [5, 5.41) is 10.1. The smallest absolute Gasteiger partial charge is 0.314 e. The number of H-pyrrole nitrogens is 1. The molecule has 0 aliphatic heterocycles. The summed E-state index contributed by atoms with van der Waals surface area (Å²) in [4.78, 5) is 19.5. The fourth-order valence-electron chi connectivity index (χ4n) is 1.65. The van der Waals surface area contributed by atoms with Crippen LogP contribution in [-0.2, 0) is 10.2 Å². The van der Waals surface area contributed by atoms with Crippen molar-refractivity contribution in [1.82, 2.24) is 9.97 Å². The summed E-state index contributed by atoms with van der Waals surface area (Å²) in [5.41, 5.74) is 0.889. The third-order valence-corrected chi connectivity index (χ3v) is 4.27. The van der Waals surface area contributed by atoms with Crippen molar-refractivity contribution in [1.29, 1.82) is 0 Å². The number of aromatic nitrogens is 2. The van der Waals surface area contributed by atoms with Crippen LogP contribution in [0.1, 0.15) is 24.4 Å². The van der Waals surface area contributed by atoms with Crippen LogP contribution < -0.4 is 0 Å². The minimum atomic E-state index is -0.893. The molecule has 0 bridgehead atoms. The van der Waals surface area contributed by atoms with Crippen LogP contribution in [-0.4, -0.2) is 21.0 Å². The highest BCUT2D eigenvalue weighted by atomic mass is 32.1. The number of carbonyl (C=O) groups is 1. The summed E-state index contributed by atoms with van der Waals surface area (Å²) in [5.74, 6) is -0.829. The van der Waals surface area contributed by atoms with Gasteiger partial charge in [0.2, 0.25) is 0 Å². The van der Waals surface area contributed by atoms with Crippen LogP contribution >= 0.6 is 11.3 Å². The highest BCUT2D eigenvalue weighted by Gasteiger charge is 2.33. The van der Waals surface area contributed by atoms with Crippen molar-refractivity contribution in [2.24, 2.45) is 0 Å². The predicted molar refractivity (Wildman–Crippen MR) is 67.3 cm³/mol. The molecular formula is C12H14N2O2S. The molecule has 0 saturated carbocycles. The molecule has 0 atom stereocenters. The second-order valence-corrected chi connectivity index (χ2v) is 5.46. The summed E-state index contributed by atoms with van der Waals surface area (Å²) < 4.78 is 0. The van der Waals surface area contributed by atoms with Crippen LogP contribution in [0, 0.1) is 6.92 Å². The van der Waals surface area contributed by atoms with Crippen molar-refractivity contribution in [3.63, 3.8) is 0 Å². The van der Waals surface area contributed by atoms with Gasteiger partial charge >= 0.3 is 5.97 Å². The van der Waals surface area contributed by atoms with E-state index < -0.39 is 11.4 Å². The van der Waals surface area contributed by atoms with Gasteiger partial charge in [-0.1, -0.05) is 0 Å². The van der Waals surface area contributed by atoms with Gasteiger partial charge in [0, 0.05) is 22.8 Å². The first kappa shape index (κ1) is 11.9. The largest absolute Gasteiger partial charge is 0.481 e. The lowest BCUT2D eigenvalue weighted by Crippen LogP contribution is -2.28. The number of carboxylic acids is 1. The molecular weight excluding hydrogens is 236 g/mol. The molecule has 5 heteroatoms. The highest BCUT2D eigenvalue weighted by Crippen LogP contribution is 2.35. The molecule has 0 amide bonds. The van der Waals surface area contributed by atoms with Crippen LogP contribution in [0.3, 0.4) is 0 Å². The van der Waals surface area contributed by atoms with Crippen molar-refractivity contribution in [2.75, 3.05) is 0 Å². The van der Waals surface area contributed by atoms with Crippen LogP contribution in [0.2, 0.25) is 0 Å². The van der Waals surface area contributed by atoms with E-state index >= 15 is 0 Å². The summed E-state index contributed by atoms with van der Waals surface area (Å²) in [6.07, 6.45) is 3.68. The molecule has 0 saturated heterocycles. The molecule has 2 rings (SSSR count). The van der Waals surface area contributed by atoms with Gasteiger partial charge in [-0.3, -0.25) is 4.79 Å². The Kier molecular flexibility index (Phi) is 2.79. The highest BCUT2D eigenvalue weighted by molar-refractivity contribution is 7.15. The molecule has 0 aliphatic carbocycles. The minimum absolute atomic E-state index is 0.790. The lowest BCUT2D eigenvalue weighted by atomic mass is 9.91. The zero-order valence-electron chi connectivity index (χ0n) is 9.94. The fourth-order valence-corrected chi connectivity index (χ4v) is 2.81. The number of aromatic amines is 1. The Hall–Kier alpha value is -1.62. The van der Waals surface area contributed by atoms with Crippen molar-refractivity contribution in [3.8, 4) is 10.6 Å². The Morgan fingerprint density at radius 2 is 2.24 bits per heavy atom. The molecule has 0 unspecified atom stereocenters. The number of nitrogens with one attached hydrogen (secondary N) is 1. The zero-order chi connectivity index (χ0) is 12.6. The molecule has 0 aromatic carbocycles. The van der Waals surface area contributed by atoms with Crippen LogP contribution in [0.4, 0.5) is 0 Å². The van der Waals surface area contributed by atoms with Crippen molar-refractivity contribution in [2.45, 2.75) is 26.2 Å². The maximum Gasteiger partial charge on any atom is 0.314 e. The molecule has 0 spiro atoms. The summed E-state index contributed by atoms with van der Waals surface area (Å²) in [6, 6.07) is 1.93. The number of aliphatic carboxylic acids is 1. The second kappa shape index (κ2) is 4.00. The number of nitrogens with zero attached hydrogens (tertiary/aromatic N) is 1. The minimum Gasteiger partial charge on any atom is -0.481 e. The van der Waals surface area contributed by atoms with Crippen LogP contribution in [0.5, 0.6) is 0 Å². The Labute approximate surface area is 103 Å². The van der Waals surface area contributed by atoms with Gasteiger partial charge in [-0.25, -0.2) is 4.98 Å². The second-order valence-electron chi connectivity index (χ2n) is 4.46. The fraction of sp³-hybridized carbons (Fsp3) is 0.333. The quantitative estimate of drug-likeness (QED) is 0.880. The average Bonchev–Trinajstić information content (AvgIpc) is 2.85. The van der Waals surface area contributed by atoms with E-state index in [0.29, 0.717) is 0 Å². The number of rotatable bonds is 3. The van der Waals surface area contributed by atoms with E-state index in [4.69, 9.17) is 0 Å². The number of carboxylic acid groups (broad SMARTS) is 1.